The molecule has 0 atom stereocenters. The SMILES string of the molecule is CC1(C)CCCN(CC(=O)NCc2nnc3n2CCCCC3)Cc2cccnc2Oc2ccccc2OC1. The van der Waals surface area contributed by atoms with E-state index < -0.39 is 0 Å². The molecule has 9 heteroatoms. The van der Waals surface area contributed by atoms with Crippen molar-refractivity contribution in [3.05, 3.63) is 59.8 Å². The van der Waals surface area contributed by atoms with Gasteiger partial charge in [-0.25, -0.2) is 4.98 Å². The lowest BCUT2D eigenvalue weighted by Gasteiger charge is -2.27. The fraction of sp³-hybridized carbons (Fsp3) is 0.517. The number of rotatable bonds is 4. The van der Waals surface area contributed by atoms with Gasteiger partial charge in [-0.3, -0.25) is 9.69 Å². The van der Waals surface area contributed by atoms with Crippen molar-refractivity contribution < 1.29 is 14.3 Å². The molecule has 0 fully saturated rings. The maximum absolute atomic E-state index is 13.1. The number of nitrogens with zero attached hydrogens (tertiary/aromatic N) is 5. The second kappa shape index (κ2) is 11.9. The van der Waals surface area contributed by atoms with E-state index in [1.165, 1.54) is 6.42 Å². The number of amides is 1. The molecule has 202 valence electrons. The first-order chi connectivity index (χ1) is 18.5. The van der Waals surface area contributed by atoms with Crippen LogP contribution in [0.4, 0.5) is 0 Å². The largest absolute Gasteiger partial charge is 0.489 e. The first kappa shape index (κ1) is 26.2. The molecule has 0 spiro atoms. The van der Waals surface area contributed by atoms with Crippen LogP contribution < -0.4 is 14.8 Å². The fourth-order valence-electron chi connectivity index (χ4n) is 5.09. The van der Waals surface area contributed by atoms with Gasteiger partial charge in [0.05, 0.1) is 19.7 Å². The Labute approximate surface area is 224 Å². The number of nitrogens with one attached hydrogen (secondary N) is 1. The highest BCUT2D eigenvalue weighted by Crippen LogP contribution is 2.34. The van der Waals surface area contributed by atoms with E-state index in [1.807, 2.05) is 36.4 Å². The maximum Gasteiger partial charge on any atom is 0.234 e. The molecule has 0 saturated carbocycles. The predicted octanol–water partition coefficient (Wildman–Crippen LogP) is 4.51. The summed E-state index contributed by atoms with van der Waals surface area (Å²) in [6.45, 7) is 7.93. The Morgan fingerprint density at radius 1 is 1.03 bits per heavy atom. The average Bonchev–Trinajstić information content (AvgIpc) is 3.13. The van der Waals surface area contributed by atoms with Crippen molar-refractivity contribution >= 4 is 5.91 Å². The molecule has 38 heavy (non-hydrogen) atoms. The Balaban J connectivity index is 1.30. The Morgan fingerprint density at radius 2 is 1.89 bits per heavy atom. The molecule has 0 unspecified atom stereocenters. The average molecular weight is 519 g/mol. The number of hydrogen-bond donors (Lipinski definition) is 1. The molecule has 0 radical (unpaired) electrons. The van der Waals surface area contributed by atoms with Gasteiger partial charge < -0.3 is 19.4 Å². The van der Waals surface area contributed by atoms with Crippen LogP contribution >= 0.6 is 0 Å². The maximum atomic E-state index is 13.1. The van der Waals surface area contributed by atoms with E-state index in [0.29, 0.717) is 37.1 Å². The second-order valence-corrected chi connectivity index (χ2v) is 11.1. The Kier molecular flexibility index (Phi) is 8.22. The summed E-state index contributed by atoms with van der Waals surface area (Å²) in [4.78, 5) is 19.8. The molecule has 2 aromatic heterocycles. The number of aromatic nitrogens is 4. The van der Waals surface area contributed by atoms with E-state index >= 15 is 0 Å². The molecule has 3 aromatic rings. The number of fused-ring (bicyclic) bond motifs is 3. The molecule has 2 aliphatic rings. The van der Waals surface area contributed by atoms with Crippen LogP contribution in [0.15, 0.2) is 42.6 Å². The van der Waals surface area contributed by atoms with Crippen LogP contribution in [0.2, 0.25) is 0 Å². The number of carbonyl (C=O) groups excluding carboxylic acids is 1. The standard InChI is InChI=1S/C29H38N6O3/c1-29(2)14-9-16-34(20-27(36)31-18-26-33-32-25-13-4-3-7-17-35(25)26)19-22-10-8-15-30-28(22)38-24-12-6-5-11-23(24)37-21-29/h5-6,8,10-12,15H,3-4,7,9,13-14,16-21H2,1-2H3,(H,31,36). The first-order valence-corrected chi connectivity index (χ1v) is 13.7. The number of ether oxygens (including phenoxy) is 2. The van der Waals surface area contributed by atoms with Gasteiger partial charge in [-0.2, -0.15) is 0 Å². The second-order valence-electron chi connectivity index (χ2n) is 11.1. The smallest absolute Gasteiger partial charge is 0.234 e. The molecule has 1 aromatic carbocycles. The summed E-state index contributed by atoms with van der Waals surface area (Å²) >= 11 is 0. The highest BCUT2D eigenvalue weighted by molar-refractivity contribution is 5.77. The van der Waals surface area contributed by atoms with Gasteiger partial charge in [0.25, 0.3) is 0 Å². The third kappa shape index (κ3) is 6.69. The van der Waals surface area contributed by atoms with Crippen LogP contribution in [0.25, 0.3) is 0 Å². The fourth-order valence-corrected chi connectivity index (χ4v) is 5.09. The summed E-state index contributed by atoms with van der Waals surface area (Å²) in [5.41, 5.74) is 0.905. The summed E-state index contributed by atoms with van der Waals surface area (Å²) < 4.78 is 14.6. The van der Waals surface area contributed by atoms with Gasteiger partial charge in [-0.15, -0.1) is 10.2 Å². The van der Waals surface area contributed by atoms with Crippen molar-refractivity contribution in [2.45, 2.75) is 72.0 Å². The third-order valence-corrected chi connectivity index (χ3v) is 7.24. The van der Waals surface area contributed by atoms with Crippen LogP contribution in [-0.4, -0.2) is 50.3 Å². The van der Waals surface area contributed by atoms with Gasteiger partial charge in [0.2, 0.25) is 11.8 Å². The lowest BCUT2D eigenvalue weighted by atomic mass is 9.88. The topological polar surface area (TPSA) is 94.4 Å². The quantitative estimate of drug-likeness (QED) is 0.543. The van der Waals surface area contributed by atoms with E-state index in [0.717, 1.165) is 62.4 Å². The van der Waals surface area contributed by atoms with Crippen molar-refractivity contribution in [3.63, 3.8) is 0 Å². The summed E-state index contributed by atoms with van der Waals surface area (Å²) in [7, 11) is 0. The van der Waals surface area contributed by atoms with Crippen molar-refractivity contribution in [1.82, 2.24) is 30.0 Å². The van der Waals surface area contributed by atoms with Crippen LogP contribution in [0, 0.1) is 5.41 Å². The minimum Gasteiger partial charge on any atom is -0.489 e. The van der Waals surface area contributed by atoms with Gasteiger partial charge in [0.15, 0.2) is 17.3 Å². The van der Waals surface area contributed by atoms with Gasteiger partial charge in [0, 0.05) is 31.3 Å². The monoisotopic (exact) mass is 518 g/mol. The molecule has 0 saturated heterocycles. The normalized spacial score (nSPS) is 18.1. The van der Waals surface area contributed by atoms with Gasteiger partial charge >= 0.3 is 0 Å². The third-order valence-electron chi connectivity index (χ3n) is 7.24. The van der Waals surface area contributed by atoms with Crippen molar-refractivity contribution in [2.24, 2.45) is 5.41 Å². The molecule has 2 aliphatic heterocycles. The van der Waals surface area contributed by atoms with Crippen LogP contribution in [0.3, 0.4) is 0 Å². The minimum absolute atomic E-state index is 0.0221. The first-order valence-electron chi connectivity index (χ1n) is 13.7. The molecular formula is C29H38N6O3. The van der Waals surface area contributed by atoms with E-state index in [2.05, 4.69) is 43.8 Å². The Morgan fingerprint density at radius 3 is 2.79 bits per heavy atom. The lowest BCUT2D eigenvalue weighted by molar-refractivity contribution is -0.122. The number of carbonyl (C=O) groups is 1. The molecule has 0 bridgehead atoms. The number of benzene rings is 1. The molecule has 0 aliphatic carbocycles. The highest BCUT2D eigenvalue weighted by Gasteiger charge is 2.23. The van der Waals surface area contributed by atoms with Gasteiger partial charge in [0.1, 0.15) is 5.82 Å². The van der Waals surface area contributed by atoms with Gasteiger partial charge in [-0.05, 0) is 55.8 Å². The predicted molar refractivity (Wildman–Crippen MR) is 144 cm³/mol. The van der Waals surface area contributed by atoms with Crippen molar-refractivity contribution in [3.8, 4) is 17.4 Å². The number of para-hydroxylation sites is 2. The minimum atomic E-state index is -0.0282. The zero-order chi connectivity index (χ0) is 26.4. The molecule has 1 amide bonds. The summed E-state index contributed by atoms with van der Waals surface area (Å²) in [5, 5.41) is 11.8. The van der Waals surface area contributed by atoms with Crippen LogP contribution in [0.5, 0.6) is 17.4 Å². The number of aryl methyl sites for hydroxylation is 1. The van der Waals surface area contributed by atoms with E-state index in [-0.39, 0.29) is 17.9 Å². The molecule has 5 rings (SSSR count). The summed E-state index contributed by atoms with van der Waals surface area (Å²) in [5.74, 6) is 3.71. The van der Waals surface area contributed by atoms with E-state index in [4.69, 9.17) is 9.47 Å². The van der Waals surface area contributed by atoms with Crippen LogP contribution in [-0.2, 0) is 30.8 Å². The summed E-state index contributed by atoms with van der Waals surface area (Å²) in [6.07, 6.45) is 8.07. The van der Waals surface area contributed by atoms with Crippen LogP contribution in [0.1, 0.15) is 63.2 Å². The molecule has 1 N–H and O–H groups in total. The summed E-state index contributed by atoms with van der Waals surface area (Å²) in [6, 6.07) is 11.6. The highest BCUT2D eigenvalue weighted by atomic mass is 16.5. The zero-order valence-corrected chi connectivity index (χ0v) is 22.5. The van der Waals surface area contributed by atoms with E-state index in [9.17, 15) is 4.79 Å². The van der Waals surface area contributed by atoms with Crippen molar-refractivity contribution in [1.29, 1.82) is 0 Å². The number of hydrogen-bond acceptors (Lipinski definition) is 7. The molecule has 9 nitrogen and oxygen atoms in total. The van der Waals surface area contributed by atoms with E-state index in [1.54, 1.807) is 6.20 Å². The van der Waals surface area contributed by atoms with Crippen molar-refractivity contribution in [2.75, 3.05) is 19.7 Å². The Hall–Kier alpha value is -3.46. The Bertz CT molecular complexity index is 1240. The molecule has 4 heterocycles. The van der Waals surface area contributed by atoms with Gasteiger partial charge in [-0.1, -0.05) is 38.5 Å². The molecular weight excluding hydrogens is 480 g/mol. The zero-order valence-electron chi connectivity index (χ0n) is 22.5. The number of pyridine rings is 1. The lowest BCUT2D eigenvalue weighted by Crippen LogP contribution is -2.38.